The average molecular weight is 603 g/mol. The molecule has 8 bridgehead atoms. The van der Waals surface area contributed by atoms with E-state index < -0.39 is 0 Å². The number of H-pyrrole nitrogens is 2. The Morgan fingerprint density at radius 2 is 1.09 bits per heavy atom. The van der Waals surface area contributed by atoms with Gasteiger partial charge in [-0.2, -0.15) is 0 Å². The van der Waals surface area contributed by atoms with Crippen LogP contribution < -0.4 is 0 Å². The van der Waals surface area contributed by atoms with Crippen molar-refractivity contribution < 1.29 is 0 Å². The third-order valence-corrected chi connectivity index (χ3v) is 10.8. The predicted octanol–water partition coefficient (Wildman–Crippen LogP) is 11.8. The number of allylic oxidation sites excluding steroid dienone is 3. The van der Waals surface area contributed by atoms with Crippen molar-refractivity contribution in [3.63, 3.8) is 0 Å². The molecule has 0 atom stereocenters. The van der Waals surface area contributed by atoms with E-state index in [0.717, 1.165) is 42.8 Å². The normalized spacial score (nSPS) is 17.1. The van der Waals surface area contributed by atoms with E-state index in [-0.39, 0.29) is 0 Å². The van der Waals surface area contributed by atoms with Crippen molar-refractivity contribution in [3.05, 3.63) is 68.8 Å². The average Bonchev–Trinajstić information content (AvgIpc) is 3.71. The van der Waals surface area contributed by atoms with E-state index in [4.69, 9.17) is 9.97 Å². The second kappa shape index (κ2) is 13.9. The van der Waals surface area contributed by atoms with E-state index in [1.807, 2.05) is 0 Å². The van der Waals surface area contributed by atoms with Crippen LogP contribution in [-0.2, 0) is 19.3 Å². The summed E-state index contributed by atoms with van der Waals surface area (Å²) in [5.41, 5.74) is 20.1. The summed E-state index contributed by atoms with van der Waals surface area (Å²) in [6, 6.07) is 6.94. The maximum atomic E-state index is 5.51. The molecule has 3 aromatic heterocycles. The Balaban J connectivity index is 1.65. The molecule has 4 nitrogen and oxygen atoms in total. The van der Waals surface area contributed by atoms with Gasteiger partial charge in [0.05, 0.1) is 22.8 Å². The van der Waals surface area contributed by atoms with Gasteiger partial charge in [-0.1, -0.05) is 71.6 Å². The summed E-state index contributed by atoms with van der Waals surface area (Å²) in [4.78, 5) is 18.5. The largest absolute Gasteiger partial charge is 0.355 e. The third-order valence-electron chi connectivity index (χ3n) is 10.8. The Bertz CT molecular complexity index is 1790. The Kier molecular flexibility index (Phi) is 9.78. The number of aromatic nitrogens is 4. The fraction of sp³-hybridized carbons (Fsp3) is 0.512. The number of fused-ring (bicyclic) bond motifs is 8. The topological polar surface area (TPSA) is 57.4 Å². The van der Waals surface area contributed by atoms with E-state index in [1.165, 1.54) is 143 Å². The third kappa shape index (κ3) is 6.48. The molecule has 45 heavy (non-hydrogen) atoms. The summed E-state index contributed by atoms with van der Waals surface area (Å²) in [7, 11) is 0. The van der Waals surface area contributed by atoms with Gasteiger partial charge in [-0.3, -0.25) is 0 Å². The standard InChI is InChI=1S/C41H54N4/c1-7-30-27(4)35-23-34-26(3)22-38(42-34)33-21-19-17-15-13-11-9-10-12-14-16-18-20-32-29(6)37(45-41(32)33)24-36-28(5)31(8-2)40(44-36)25-39(30)43-35/h22-25,43-44H,7-21H2,1-6H3. The minimum absolute atomic E-state index is 0.987. The Morgan fingerprint density at radius 1 is 0.578 bits per heavy atom. The molecule has 0 spiro atoms. The molecule has 1 aliphatic carbocycles. The van der Waals surface area contributed by atoms with Crippen LogP contribution in [0.3, 0.4) is 0 Å². The zero-order chi connectivity index (χ0) is 31.5. The molecular formula is C41H54N4. The molecule has 0 unspecified atom stereocenters. The maximum absolute atomic E-state index is 5.51. The fourth-order valence-corrected chi connectivity index (χ4v) is 7.91. The lowest BCUT2D eigenvalue weighted by Crippen LogP contribution is -1.98. The molecule has 0 radical (unpaired) electrons. The van der Waals surface area contributed by atoms with Gasteiger partial charge in [0.1, 0.15) is 0 Å². The first kappa shape index (κ1) is 31.6. The van der Waals surface area contributed by atoms with Crippen molar-refractivity contribution in [2.24, 2.45) is 0 Å². The van der Waals surface area contributed by atoms with Crippen LogP contribution in [0.25, 0.3) is 44.9 Å². The maximum Gasteiger partial charge on any atom is 0.0725 e. The zero-order valence-electron chi connectivity index (χ0n) is 28.8. The van der Waals surface area contributed by atoms with Crippen molar-refractivity contribution in [2.45, 2.75) is 138 Å². The molecule has 238 valence electrons. The van der Waals surface area contributed by atoms with E-state index >= 15 is 0 Å². The zero-order valence-corrected chi connectivity index (χ0v) is 28.8. The van der Waals surface area contributed by atoms with Crippen molar-refractivity contribution in [3.8, 4) is 0 Å². The van der Waals surface area contributed by atoms with Gasteiger partial charge in [0.2, 0.25) is 0 Å². The van der Waals surface area contributed by atoms with Crippen molar-refractivity contribution in [2.75, 3.05) is 0 Å². The Labute approximate surface area is 270 Å². The molecule has 5 heterocycles. The predicted molar refractivity (Wildman–Crippen MR) is 194 cm³/mol. The molecule has 0 amide bonds. The first-order valence-corrected chi connectivity index (χ1v) is 18.0. The van der Waals surface area contributed by atoms with E-state index in [0.29, 0.717) is 0 Å². The first-order chi connectivity index (χ1) is 21.9. The smallest absolute Gasteiger partial charge is 0.0725 e. The van der Waals surface area contributed by atoms with Crippen LogP contribution in [0.5, 0.6) is 0 Å². The number of nitrogens with zero attached hydrogens (tertiary/aromatic N) is 2. The molecule has 3 aliphatic rings. The van der Waals surface area contributed by atoms with Crippen LogP contribution >= 0.6 is 0 Å². The fourth-order valence-electron chi connectivity index (χ4n) is 7.91. The lowest BCUT2D eigenvalue weighted by molar-refractivity contribution is 0.545. The summed E-state index contributed by atoms with van der Waals surface area (Å²) in [6.07, 6.45) is 21.1. The molecule has 3 aromatic rings. The van der Waals surface area contributed by atoms with E-state index in [2.05, 4.69) is 75.8 Å². The molecule has 0 saturated carbocycles. The number of rotatable bonds is 2. The SMILES string of the molecule is CCc1c(C)c2cc3nc(c4c5nc(cc6[nH]c(cc1[nH]2)c(CC)c6C)C(C)=C5CCCCCCCCCCCCC4)C=C3C. The molecule has 2 N–H and O–H groups in total. The number of hydrogen-bond donors (Lipinski definition) is 2. The van der Waals surface area contributed by atoms with Gasteiger partial charge in [-0.25, -0.2) is 9.97 Å². The molecule has 0 aromatic carbocycles. The molecule has 2 aliphatic heterocycles. The lowest BCUT2D eigenvalue weighted by Gasteiger charge is -2.11. The highest BCUT2D eigenvalue weighted by Gasteiger charge is 2.23. The summed E-state index contributed by atoms with van der Waals surface area (Å²) < 4.78 is 0. The molecule has 0 fully saturated rings. The van der Waals surface area contributed by atoms with Gasteiger partial charge >= 0.3 is 0 Å². The second-order valence-corrected chi connectivity index (χ2v) is 13.8. The van der Waals surface area contributed by atoms with Gasteiger partial charge in [-0.05, 0) is 129 Å². The monoisotopic (exact) mass is 602 g/mol. The van der Waals surface area contributed by atoms with E-state index in [9.17, 15) is 0 Å². The van der Waals surface area contributed by atoms with Gasteiger partial charge in [0.15, 0.2) is 0 Å². The van der Waals surface area contributed by atoms with Crippen LogP contribution in [0.2, 0.25) is 0 Å². The highest BCUT2D eigenvalue weighted by molar-refractivity contribution is 5.94. The molecule has 6 rings (SSSR count). The summed E-state index contributed by atoms with van der Waals surface area (Å²) >= 11 is 0. The number of hydrogen-bond acceptors (Lipinski definition) is 2. The Hall–Kier alpha value is -3.40. The first-order valence-electron chi connectivity index (χ1n) is 18.0. The molecule has 4 heteroatoms. The molecule has 0 saturated heterocycles. The van der Waals surface area contributed by atoms with Crippen molar-refractivity contribution in [1.29, 1.82) is 0 Å². The summed E-state index contributed by atoms with van der Waals surface area (Å²) in [6.45, 7) is 13.6. The van der Waals surface area contributed by atoms with Crippen LogP contribution in [0, 0.1) is 13.8 Å². The number of aromatic amines is 2. The quantitative estimate of drug-likeness (QED) is 0.306. The van der Waals surface area contributed by atoms with Crippen molar-refractivity contribution >= 4 is 44.9 Å². The minimum Gasteiger partial charge on any atom is -0.355 e. The van der Waals surface area contributed by atoms with Crippen LogP contribution in [0.1, 0.15) is 155 Å². The van der Waals surface area contributed by atoms with Crippen LogP contribution in [0.4, 0.5) is 0 Å². The van der Waals surface area contributed by atoms with E-state index in [1.54, 1.807) is 0 Å². The minimum atomic E-state index is 0.987. The lowest BCUT2D eigenvalue weighted by atomic mass is 9.93. The van der Waals surface area contributed by atoms with Gasteiger partial charge in [0, 0.05) is 27.6 Å². The summed E-state index contributed by atoms with van der Waals surface area (Å²) in [5.74, 6) is 0. The number of aryl methyl sites for hydroxylation is 4. The van der Waals surface area contributed by atoms with Crippen LogP contribution in [0.15, 0.2) is 18.2 Å². The highest BCUT2D eigenvalue weighted by atomic mass is 14.8. The van der Waals surface area contributed by atoms with Gasteiger partial charge in [-0.15, -0.1) is 0 Å². The Morgan fingerprint density at radius 3 is 1.64 bits per heavy atom. The highest BCUT2D eigenvalue weighted by Crippen LogP contribution is 2.38. The molecular weight excluding hydrogens is 548 g/mol. The van der Waals surface area contributed by atoms with Gasteiger partial charge < -0.3 is 9.97 Å². The van der Waals surface area contributed by atoms with Crippen LogP contribution in [-0.4, -0.2) is 19.9 Å². The van der Waals surface area contributed by atoms with Gasteiger partial charge in [0.25, 0.3) is 0 Å². The van der Waals surface area contributed by atoms with Crippen molar-refractivity contribution in [1.82, 2.24) is 19.9 Å². The second-order valence-electron chi connectivity index (χ2n) is 13.8. The number of nitrogens with one attached hydrogen (secondary N) is 2. The summed E-state index contributed by atoms with van der Waals surface area (Å²) in [5, 5.41) is 0.